The summed E-state index contributed by atoms with van der Waals surface area (Å²) in [5.41, 5.74) is 0.0276. The first-order valence-electron chi connectivity index (χ1n) is 7.84. The molecule has 3 rings (SSSR count). The molecule has 0 aliphatic carbocycles. The molecule has 3 aromatic rings. The maximum atomic E-state index is 13.0. The lowest BCUT2D eigenvalue weighted by molar-refractivity contribution is -0.137. The highest BCUT2D eigenvalue weighted by Gasteiger charge is 2.33. The van der Waals surface area contributed by atoms with Gasteiger partial charge in [0.2, 0.25) is 5.91 Å². The molecule has 1 amide bonds. The highest BCUT2D eigenvalue weighted by atomic mass is 35.5. The Morgan fingerprint density at radius 1 is 1.15 bits per heavy atom. The zero-order valence-electron chi connectivity index (χ0n) is 13.8. The van der Waals surface area contributed by atoms with E-state index in [1.165, 1.54) is 18.2 Å². The SMILES string of the molecule is O=C(CNc1ccc(-n2cccn2)c(Cl)c1)Nc1ccccc1C(F)(F)F. The van der Waals surface area contributed by atoms with Crippen LogP contribution in [0.4, 0.5) is 24.5 Å². The molecule has 2 aromatic carbocycles. The Balaban J connectivity index is 1.64. The molecule has 0 unspecified atom stereocenters. The van der Waals surface area contributed by atoms with Crippen molar-refractivity contribution in [3.8, 4) is 5.69 Å². The number of amides is 1. The van der Waals surface area contributed by atoms with Gasteiger partial charge >= 0.3 is 6.18 Å². The van der Waals surface area contributed by atoms with Crippen LogP contribution in [0, 0.1) is 0 Å². The van der Waals surface area contributed by atoms with E-state index in [9.17, 15) is 18.0 Å². The van der Waals surface area contributed by atoms with Gasteiger partial charge in [-0.2, -0.15) is 18.3 Å². The zero-order valence-corrected chi connectivity index (χ0v) is 14.6. The molecule has 1 aromatic heterocycles. The summed E-state index contributed by atoms with van der Waals surface area (Å²) >= 11 is 6.21. The third kappa shape index (κ3) is 4.59. The number of carbonyl (C=O) groups excluding carboxylic acids is 1. The number of nitrogens with zero attached hydrogens (tertiary/aromatic N) is 2. The molecule has 0 saturated heterocycles. The van der Waals surface area contributed by atoms with Gasteiger partial charge in [-0.3, -0.25) is 4.79 Å². The van der Waals surface area contributed by atoms with Gasteiger partial charge in [0.1, 0.15) is 0 Å². The molecule has 0 radical (unpaired) electrons. The van der Waals surface area contributed by atoms with E-state index in [0.29, 0.717) is 16.4 Å². The van der Waals surface area contributed by atoms with Crippen molar-refractivity contribution >= 4 is 28.9 Å². The van der Waals surface area contributed by atoms with Gasteiger partial charge in [-0.25, -0.2) is 4.68 Å². The van der Waals surface area contributed by atoms with Crippen LogP contribution in [0.5, 0.6) is 0 Å². The molecule has 140 valence electrons. The molecule has 0 bridgehead atoms. The van der Waals surface area contributed by atoms with Gasteiger partial charge < -0.3 is 10.6 Å². The van der Waals surface area contributed by atoms with E-state index < -0.39 is 17.6 Å². The molecule has 1 heterocycles. The summed E-state index contributed by atoms with van der Waals surface area (Å²) < 4.78 is 40.5. The second-order valence-corrected chi connectivity index (χ2v) is 5.97. The Kier molecular flexibility index (Phi) is 5.36. The lowest BCUT2D eigenvalue weighted by Crippen LogP contribution is -2.23. The summed E-state index contributed by atoms with van der Waals surface area (Å²) in [4.78, 5) is 12.0. The number of halogens is 4. The van der Waals surface area contributed by atoms with Crippen LogP contribution in [0.1, 0.15) is 5.56 Å². The zero-order chi connectivity index (χ0) is 19.4. The minimum Gasteiger partial charge on any atom is -0.376 e. The fourth-order valence-corrected chi connectivity index (χ4v) is 2.70. The second-order valence-electron chi connectivity index (χ2n) is 5.56. The minimum atomic E-state index is -4.55. The van der Waals surface area contributed by atoms with Crippen LogP contribution in [0.15, 0.2) is 60.9 Å². The molecule has 0 atom stereocenters. The van der Waals surface area contributed by atoms with Crippen molar-refractivity contribution in [3.05, 3.63) is 71.5 Å². The summed E-state index contributed by atoms with van der Waals surface area (Å²) in [5.74, 6) is -0.612. The molecule has 0 aliphatic rings. The Morgan fingerprint density at radius 3 is 2.59 bits per heavy atom. The monoisotopic (exact) mass is 394 g/mol. The standard InChI is InChI=1S/C18H14ClF3N4O/c19-14-10-12(6-7-16(14)26-9-3-8-24-26)23-11-17(27)25-15-5-2-1-4-13(15)18(20,21)22/h1-10,23H,11H2,(H,25,27). The molecule has 5 nitrogen and oxygen atoms in total. The average molecular weight is 395 g/mol. The summed E-state index contributed by atoms with van der Waals surface area (Å²) in [6, 6.07) is 11.6. The molecular formula is C18H14ClF3N4O. The number of carbonyl (C=O) groups is 1. The molecular weight excluding hydrogens is 381 g/mol. The van der Waals surface area contributed by atoms with Gasteiger partial charge in [0.15, 0.2) is 0 Å². The summed E-state index contributed by atoms with van der Waals surface area (Å²) in [6.07, 6.45) is -1.20. The number of anilines is 2. The quantitative estimate of drug-likeness (QED) is 0.665. The van der Waals surface area contributed by atoms with E-state index >= 15 is 0 Å². The molecule has 27 heavy (non-hydrogen) atoms. The first kappa shape index (κ1) is 18.8. The van der Waals surface area contributed by atoms with Gasteiger partial charge in [-0.05, 0) is 36.4 Å². The van der Waals surface area contributed by atoms with Crippen LogP contribution >= 0.6 is 11.6 Å². The maximum absolute atomic E-state index is 13.0. The van der Waals surface area contributed by atoms with E-state index in [0.717, 1.165) is 6.07 Å². The first-order valence-corrected chi connectivity index (χ1v) is 8.22. The van der Waals surface area contributed by atoms with Crippen LogP contribution < -0.4 is 10.6 Å². The molecule has 0 fully saturated rings. The predicted octanol–water partition coefficient (Wildman–Crippen LogP) is 4.60. The van der Waals surface area contributed by atoms with Crippen LogP contribution in [-0.4, -0.2) is 22.2 Å². The third-order valence-electron chi connectivity index (χ3n) is 3.66. The van der Waals surface area contributed by atoms with Crippen molar-refractivity contribution in [2.45, 2.75) is 6.18 Å². The fourth-order valence-electron chi connectivity index (χ4n) is 2.43. The Hall–Kier alpha value is -3.00. The Labute approximate surface area is 157 Å². The number of benzene rings is 2. The van der Waals surface area contributed by atoms with Crippen molar-refractivity contribution in [2.75, 3.05) is 17.2 Å². The van der Waals surface area contributed by atoms with E-state index in [4.69, 9.17) is 11.6 Å². The minimum absolute atomic E-state index is 0.219. The van der Waals surface area contributed by atoms with Gasteiger partial charge in [-0.15, -0.1) is 0 Å². The van der Waals surface area contributed by atoms with E-state index in [1.807, 2.05) is 0 Å². The van der Waals surface area contributed by atoms with Crippen molar-refractivity contribution in [1.82, 2.24) is 9.78 Å². The van der Waals surface area contributed by atoms with Crippen LogP contribution in [0.3, 0.4) is 0 Å². The number of hydrogen-bond donors (Lipinski definition) is 2. The lowest BCUT2D eigenvalue weighted by atomic mass is 10.1. The van der Waals surface area contributed by atoms with Gasteiger partial charge in [-0.1, -0.05) is 23.7 Å². The predicted molar refractivity (Wildman–Crippen MR) is 97.1 cm³/mol. The smallest absolute Gasteiger partial charge is 0.376 e. The van der Waals surface area contributed by atoms with E-state index in [2.05, 4.69) is 15.7 Å². The van der Waals surface area contributed by atoms with E-state index in [-0.39, 0.29) is 12.2 Å². The topological polar surface area (TPSA) is 59.0 Å². The molecule has 0 spiro atoms. The molecule has 2 N–H and O–H groups in total. The second kappa shape index (κ2) is 7.71. The maximum Gasteiger partial charge on any atom is 0.418 e. The number of nitrogens with one attached hydrogen (secondary N) is 2. The van der Waals surface area contributed by atoms with Gasteiger partial charge in [0, 0.05) is 18.1 Å². The number of alkyl halides is 3. The molecule has 0 saturated carbocycles. The lowest BCUT2D eigenvalue weighted by Gasteiger charge is -2.14. The number of para-hydroxylation sites is 1. The van der Waals surface area contributed by atoms with E-state index in [1.54, 1.807) is 41.3 Å². The number of aromatic nitrogens is 2. The van der Waals surface area contributed by atoms with Crippen LogP contribution in [-0.2, 0) is 11.0 Å². The van der Waals surface area contributed by atoms with Crippen LogP contribution in [0.2, 0.25) is 5.02 Å². The first-order chi connectivity index (χ1) is 12.8. The highest BCUT2D eigenvalue weighted by molar-refractivity contribution is 6.32. The Morgan fingerprint density at radius 2 is 1.93 bits per heavy atom. The number of hydrogen-bond acceptors (Lipinski definition) is 3. The fraction of sp³-hybridized carbons (Fsp3) is 0.111. The molecule has 9 heteroatoms. The summed E-state index contributed by atoms with van der Waals surface area (Å²) in [5, 5.41) is 9.59. The number of rotatable bonds is 5. The summed E-state index contributed by atoms with van der Waals surface area (Å²) in [6.45, 7) is -0.219. The van der Waals surface area contributed by atoms with Crippen molar-refractivity contribution in [3.63, 3.8) is 0 Å². The summed E-state index contributed by atoms with van der Waals surface area (Å²) in [7, 11) is 0. The molecule has 0 aliphatic heterocycles. The largest absolute Gasteiger partial charge is 0.418 e. The Bertz CT molecular complexity index is 942. The normalized spacial score (nSPS) is 11.3. The van der Waals surface area contributed by atoms with Gasteiger partial charge in [0.05, 0.1) is 28.5 Å². The van der Waals surface area contributed by atoms with Crippen molar-refractivity contribution in [2.24, 2.45) is 0 Å². The highest BCUT2D eigenvalue weighted by Crippen LogP contribution is 2.34. The third-order valence-corrected chi connectivity index (χ3v) is 3.96. The van der Waals surface area contributed by atoms with Crippen LogP contribution in [0.25, 0.3) is 5.69 Å². The van der Waals surface area contributed by atoms with Gasteiger partial charge in [0.25, 0.3) is 0 Å². The van der Waals surface area contributed by atoms with Crippen molar-refractivity contribution in [1.29, 1.82) is 0 Å². The van der Waals surface area contributed by atoms with Crippen molar-refractivity contribution < 1.29 is 18.0 Å². The average Bonchev–Trinajstić information content (AvgIpc) is 3.14.